The zero-order chi connectivity index (χ0) is 17.1. The first kappa shape index (κ1) is 20.2. The molecule has 22 heavy (non-hydrogen) atoms. The molecule has 0 bridgehead atoms. The van der Waals surface area contributed by atoms with Gasteiger partial charge in [-0.25, -0.2) is 4.79 Å². The Morgan fingerprint density at radius 2 is 1.77 bits per heavy atom. The highest BCUT2D eigenvalue weighted by Crippen LogP contribution is 2.03. The van der Waals surface area contributed by atoms with Crippen LogP contribution in [0.1, 0.15) is 19.3 Å². The monoisotopic (exact) mass is 334 g/mol. The van der Waals surface area contributed by atoms with Crippen LogP contribution in [0, 0.1) is 0 Å². The van der Waals surface area contributed by atoms with Crippen LogP contribution in [0.5, 0.6) is 0 Å². The molecular weight excluding hydrogens is 312 g/mol. The average molecular weight is 334 g/mol. The Labute approximate surface area is 132 Å². The van der Waals surface area contributed by atoms with E-state index in [0.29, 0.717) is 5.75 Å². The van der Waals surface area contributed by atoms with Crippen molar-refractivity contribution < 1.29 is 24.3 Å². The van der Waals surface area contributed by atoms with Gasteiger partial charge in [0, 0.05) is 6.42 Å². The third-order valence-electron chi connectivity index (χ3n) is 2.74. The van der Waals surface area contributed by atoms with E-state index in [4.69, 9.17) is 16.6 Å². The van der Waals surface area contributed by atoms with Crippen LogP contribution in [0.15, 0.2) is 0 Å². The Morgan fingerprint density at radius 3 is 2.23 bits per heavy atom. The van der Waals surface area contributed by atoms with Crippen LogP contribution in [0.25, 0.3) is 0 Å². The molecule has 0 unspecified atom stereocenters. The Bertz CT molecular complexity index is 418. The minimum atomic E-state index is -1.17. The minimum Gasteiger partial charge on any atom is -0.480 e. The van der Waals surface area contributed by atoms with Crippen molar-refractivity contribution in [3.8, 4) is 0 Å². The van der Waals surface area contributed by atoms with Crippen LogP contribution in [0.3, 0.4) is 0 Å². The van der Waals surface area contributed by atoms with Crippen LogP contribution in [-0.4, -0.2) is 59.4 Å². The van der Waals surface area contributed by atoms with E-state index in [0.717, 1.165) is 0 Å². The minimum absolute atomic E-state index is 0.0260. The molecule has 0 saturated carbocycles. The van der Waals surface area contributed by atoms with Crippen molar-refractivity contribution in [3.63, 3.8) is 0 Å². The van der Waals surface area contributed by atoms with E-state index in [1.165, 1.54) is 11.8 Å². The van der Waals surface area contributed by atoms with Crippen LogP contribution < -0.4 is 22.1 Å². The zero-order valence-corrected chi connectivity index (χ0v) is 13.1. The first-order valence-corrected chi connectivity index (χ1v) is 8.01. The number of rotatable bonds is 11. The molecule has 0 aromatic carbocycles. The molecule has 0 radical (unpaired) electrons. The van der Waals surface area contributed by atoms with Crippen molar-refractivity contribution in [2.75, 3.05) is 18.6 Å². The highest BCUT2D eigenvalue weighted by molar-refractivity contribution is 7.98. The number of carbonyl (C=O) groups excluding carboxylic acids is 3. The maximum atomic E-state index is 12.1. The molecule has 10 heteroatoms. The van der Waals surface area contributed by atoms with Crippen molar-refractivity contribution in [2.24, 2.45) is 11.5 Å². The lowest BCUT2D eigenvalue weighted by molar-refractivity contribution is -0.142. The number of carboxylic acid groups (broad SMARTS) is 1. The van der Waals surface area contributed by atoms with Crippen LogP contribution >= 0.6 is 11.8 Å². The Morgan fingerprint density at radius 1 is 1.14 bits per heavy atom. The van der Waals surface area contributed by atoms with Crippen molar-refractivity contribution >= 4 is 35.5 Å². The van der Waals surface area contributed by atoms with Gasteiger partial charge in [-0.1, -0.05) is 0 Å². The van der Waals surface area contributed by atoms with Crippen molar-refractivity contribution in [1.82, 2.24) is 10.6 Å². The largest absolute Gasteiger partial charge is 0.480 e. The van der Waals surface area contributed by atoms with Crippen LogP contribution in [0.4, 0.5) is 0 Å². The first-order valence-electron chi connectivity index (χ1n) is 6.61. The van der Waals surface area contributed by atoms with Gasteiger partial charge >= 0.3 is 5.97 Å². The standard InChI is InChI=1S/C12H22N4O5S/c1-22-5-4-8(12(20)21)16-11(19)7(2-3-9(14)17)15-10(18)6-13/h7-8H,2-6,13H2,1H3,(H2,14,17)(H,15,18)(H,16,19)(H,20,21)/t7-,8-/m0/s1. The number of carbonyl (C=O) groups is 4. The number of nitrogens with two attached hydrogens (primary N) is 2. The molecule has 0 aliphatic heterocycles. The molecular formula is C12H22N4O5S. The van der Waals surface area contributed by atoms with E-state index >= 15 is 0 Å². The van der Waals surface area contributed by atoms with E-state index in [-0.39, 0.29) is 25.8 Å². The van der Waals surface area contributed by atoms with Gasteiger partial charge in [0.15, 0.2) is 0 Å². The van der Waals surface area contributed by atoms with E-state index in [9.17, 15) is 19.2 Å². The molecule has 7 N–H and O–H groups in total. The molecule has 0 heterocycles. The van der Waals surface area contributed by atoms with E-state index < -0.39 is 35.8 Å². The van der Waals surface area contributed by atoms with Crippen molar-refractivity contribution in [3.05, 3.63) is 0 Å². The molecule has 9 nitrogen and oxygen atoms in total. The molecule has 0 aromatic heterocycles. The number of amides is 3. The van der Waals surface area contributed by atoms with Gasteiger partial charge in [-0.15, -0.1) is 0 Å². The summed E-state index contributed by atoms with van der Waals surface area (Å²) in [4.78, 5) is 45.3. The molecule has 126 valence electrons. The lowest BCUT2D eigenvalue weighted by Crippen LogP contribution is -2.52. The van der Waals surface area contributed by atoms with Gasteiger partial charge in [0.1, 0.15) is 12.1 Å². The van der Waals surface area contributed by atoms with Gasteiger partial charge in [0.25, 0.3) is 0 Å². The zero-order valence-electron chi connectivity index (χ0n) is 12.3. The first-order chi connectivity index (χ1) is 10.3. The molecule has 0 saturated heterocycles. The van der Waals surface area contributed by atoms with E-state index in [2.05, 4.69) is 10.6 Å². The molecule has 0 aromatic rings. The second kappa shape index (κ2) is 10.9. The van der Waals surface area contributed by atoms with E-state index in [1.807, 2.05) is 6.26 Å². The number of primary amides is 1. The number of carboxylic acids is 1. The smallest absolute Gasteiger partial charge is 0.326 e. The summed E-state index contributed by atoms with van der Waals surface area (Å²) < 4.78 is 0. The summed E-state index contributed by atoms with van der Waals surface area (Å²) in [6.07, 6.45) is 1.92. The predicted octanol–water partition coefficient (Wildman–Crippen LogP) is -1.98. The fourth-order valence-electron chi connectivity index (χ4n) is 1.57. The van der Waals surface area contributed by atoms with Gasteiger partial charge < -0.3 is 27.2 Å². The Hall–Kier alpha value is -1.81. The lowest BCUT2D eigenvalue weighted by Gasteiger charge is -2.20. The molecule has 2 atom stereocenters. The molecule has 3 amide bonds. The van der Waals surface area contributed by atoms with Gasteiger partial charge in [-0.3, -0.25) is 14.4 Å². The number of hydrogen-bond acceptors (Lipinski definition) is 6. The molecule has 0 aliphatic carbocycles. The van der Waals surface area contributed by atoms with Crippen LogP contribution in [0.2, 0.25) is 0 Å². The Balaban J connectivity index is 4.79. The SMILES string of the molecule is CSCC[C@H](NC(=O)[C@H](CCC(N)=O)NC(=O)CN)C(=O)O. The maximum Gasteiger partial charge on any atom is 0.326 e. The van der Waals surface area contributed by atoms with Crippen molar-refractivity contribution in [2.45, 2.75) is 31.3 Å². The third kappa shape index (κ3) is 8.47. The van der Waals surface area contributed by atoms with Gasteiger partial charge in [0.05, 0.1) is 6.54 Å². The predicted molar refractivity (Wildman–Crippen MR) is 82.0 cm³/mol. The second-order valence-electron chi connectivity index (χ2n) is 4.51. The van der Waals surface area contributed by atoms with Crippen molar-refractivity contribution in [1.29, 1.82) is 0 Å². The summed E-state index contributed by atoms with van der Waals surface area (Å²) in [6, 6.07) is -2.12. The average Bonchev–Trinajstić information content (AvgIpc) is 2.46. The quantitative estimate of drug-likeness (QED) is 0.292. The summed E-state index contributed by atoms with van der Waals surface area (Å²) in [7, 11) is 0. The van der Waals surface area contributed by atoms with Crippen LogP contribution in [-0.2, 0) is 19.2 Å². The Kier molecular flexibility index (Phi) is 9.96. The van der Waals surface area contributed by atoms with E-state index in [1.54, 1.807) is 0 Å². The molecule has 0 rings (SSSR count). The highest BCUT2D eigenvalue weighted by atomic mass is 32.2. The molecule has 0 aliphatic rings. The third-order valence-corrected chi connectivity index (χ3v) is 3.39. The number of thioether (sulfide) groups is 1. The summed E-state index contributed by atoms with van der Waals surface area (Å²) in [5, 5.41) is 13.8. The fraction of sp³-hybridized carbons (Fsp3) is 0.667. The summed E-state index contributed by atoms with van der Waals surface area (Å²) in [6.45, 7) is -0.324. The highest BCUT2D eigenvalue weighted by Gasteiger charge is 2.26. The number of hydrogen-bond donors (Lipinski definition) is 5. The summed E-state index contributed by atoms with van der Waals surface area (Å²) in [5.41, 5.74) is 10.2. The number of aliphatic carboxylic acids is 1. The topological polar surface area (TPSA) is 165 Å². The number of nitrogens with one attached hydrogen (secondary N) is 2. The molecule has 0 spiro atoms. The normalized spacial score (nSPS) is 13.0. The van der Waals surface area contributed by atoms with Gasteiger partial charge in [-0.2, -0.15) is 11.8 Å². The maximum absolute atomic E-state index is 12.1. The van der Waals surface area contributed by atoms with Gasteiger partial charge in [-0.05, 0) is 24.9 Å². The molecule has 0 fully saturated rings. The summed E-state index contributed by atoms with van der Waals surface area (Å²) in [5.74, 6) is -2.51. The summed E-state index contributed by atoms with van der Waals surface area (Å²) >= 11 is 1.45. The lowest BCUT2D eigenvalue weighted by atomic mass is 10.1. The second-order valence-corrected chi connectivity index (χ2v) is 5.50. The fourth-order valence-corrected chi connectivity index (χ4v) is 2.05. The van der Waals surface area contributed by atoms with Gasteiger partial charge in [0.2, 0.25) is 17.7 Å².